The predicted molar refractivity (Wildman–Crippen MR) is 106 cm³/mol. The van der Waals surface area contributed by atoms with Crippen molar-refractivity contribution in [3.8, 4) is 5.75 Å². The number of rotatable bonds is 6. The summed E-state index contributed by atoms with van der Waals surface area (Å²) in [7, 11) is 0. The highest BCUT2D eigenvalue weighted by molar-refractivity contribution is 5.22. The first-order valence-electron chi connectivity index (χ1n) is 10.5. The molecule has 4 rings (SSSR count). The normalized spacial score (nSPS) is 37.6. The van der Waals surface area contributed by atoms with Crippen molar-refractivity contribution in [1.29, 1.82) is 0 Å². The summed E-state index contributed by atoms with van der Waals surface area (Å²) in [6, 6.07) is 9.47. The van der Waals surface area contributed by atoms with Crippen LogP contribution in [0.4, 0.5) is 0 Å². The van der Waals surface area contributed by atoms with Crippen LogP contribution < -0.4 is 4.74 Å². The molecule has 0 radical (unpaired) electrons. The second-order valence-electron chi connectivity index (χ2n) is 8.58. The lowest BCUT2D eigenvalue weighted by molar-refractivity contribution is -0.385. The summed E-state index contributed by atoms with van der Waals surface area (Å²) >= 11 is 0. The van der Waals surface area contributed by atoms with Gasteiger partial charge in [0.15, 0.2) is 5.79 Å². The molecule has 1 aliphatic heterocycles. The van der Waals surface area contributed by atoms with Crippen molar-refractivity contribution >= 4 is 0 Å². The van der Waals surface area contributed by atoms with Crippen molar-refractivity contribution in [2.75, 3.05) is 19.8 Å². The Morgan fingerprint density at radius 2 is 1.96 bits per heavy atom. The largest absolute Gasteiger partial charge is 0.491 e. The summed E-state index contributed by atoms with van der Waals surface area (Å²) in [5.41, 5.74) is -0.0933. The molecule has 1 saturated heterocycles. The standard InChI is InChI=1S/C23H32O5/c1-3-19-21-18(10-9-16(24)15-26-17-7-5-4-6-8-17)20(25)11-12-22(21,2)23(19)27-13-14-28-23/h4-10,16,18-21,24-25H,3,11-15H2,1-2H3/b10-9+/t16-,18+,19?,20-,21+,22+/m0/s1. The van der Waals surface area contributed by atoms with Gasteiger partial charge >= 0.3 is 0 Å². The molecule has 0 aromatic heterocycles. The molecule has 1 aromatic rings. The van der Waals surface area contributed by atoms with Gasteiger partial charge in [0.2, 0.25) is 0 Å². The Morgan fingerprint density at radius 1 is 1.25 bits per heavy atom. The lowest BCUT2D eigenvalue weighted by Gasteiger charge is -2.69. The Bertz CT molecular complexity index is 683. The molecule has 2 N–H and O–H groups in total. The van der Waals surface area contributed by atoms with E-state index in [4.69, 9.17) is 14.2 Å². The van der Waals surface area contributed by atoms with E-state index in [2.05, 4.69) is 13.8 Å². The molecule has 2 saturated carbocycles. The van der Waals surface area contributed by atoms with E-state index in [9.17, 15) is 10.2 Å². The number of aliphatic hydroxyl groups excluding tert-OH is 2. The van der Waals surface area contributed by atoms with Crippen LogP contribution in [0.25, 0.3) is 0 Å². The van der Waals surface area contributed by atoms with Crippen molar-refractivity contribution in [1.82, 2.24) is 0 Å². The van der Waals surface area contributed by atoms with E-state index in [-0.39, 0.29) is 29.8 Å². The van der Waals surface area contributed by atoms with E-state index in [0.717, 1.165) is 25.0 Å². The molecule has 5 heteroatoms. The van der Waals surface area contributed by atoms with E-state index in [1.165, 1.54) is 0 Å². The van der Waals surface area contributed by atoms with Crippen molar-refractivity contribution in [3.05, 3.63) is 42.5 Å². The number of fused-ring (bicyclic) bond motifs is 2. The maximum absolute atomic E-state index is 10.7. The molecule has 0 bridgehead atoms. The second-order valence-corrected chi connectivity index (χ2v) is 8.58. The molecule has 1 aromatic carbocycles. The minimum Gasteiger partial charge on any atom is -0.491 e. The van der Waals surface area contributed by atoms with Crippen LogP contribution in [0, 0.1) is 23.2 Å². The average molecular weight is 389 g/mol. The van der Waals surface area contributed by atoms with E-state index in [1.54, 1.807) is 6.08 Å². The minimum absolute atomic E-state index is 0.00602. The van der Waals surface area contributed by atoms with Gasteiger partial charge in [0.1, 0.15) is 18.5 Å². The fourth-order valence-corrected chi connectivity index (χ4v) is 5.91. The summed E-state index contributed by atoms with van der Waals surface area (Å²) in [5, 5.41) is 21.1. The van der Waals surface area contributed by atoms with E-state index < -0.39 is 18.0 Å². The molecule has 28 heavy (non-hydrogen) atoms. The van der Waals surface area contributed by atoms with E-state index in [1.807, 2.05) is 36.4 Å². The van der Waals surface area contributed by atoms with Crippen molar-refractivity contribution in [2.45, 2.75) is 51.1 Å². The molecule has 1 unspecified atom stereocenters. The van der Waals surface area contributed by atoms with Gasteiger partial charge in [-0.2, -0.15) is 0 Å². The van der Waals surface area contributed by atoms with Gasteiger partial charge in [0.05, 0.1) is 19.3 Å². The fourth-order valence-electron chi connectivity index (χ4n) is 5.91. The molecule has 6 atom stereocenters. The van der Waals surface area contributed by atoms with Crippen LogP contribution in [0.5, 0.6) is 5.75 Å². The zero-order chi connectivity index (χ0) is 19.8. The van der Waals surface area contributed by atoms with Gasteiger partial charge in [-0.3, -0.25) is 0 Å². The van der Waals surface area contributed by atoms with Gasteiger partial charge in [-0.05, 0) is 37.3 Å². The quantitative estimate of drug-likeness (QED) is 0.733. The molecule has 0 amide bonds. The van der Waals surface area contributed by atoms with Crippen LogP contribution in [0.2, 0.25) is 0 Å². The first kappa shape index (κ1) is 19.9. The number of ether oxygens (including phenoxy) is 3. The zero-order valence-corrected chi connectivity index (χ0v) is 16.8. The third-order valence-corrected chi connectivity index (χ3v) is 7.15. The second kappa shape index (κ2) is 7.79. The van der Waals surface area contributed by atoms with Crippen molar-refractivity contribution in [2.24, 2.45) is 23.2 Å². The summed E-state index contributed by atoms with van der Waals surface area (Å²) in [4.78, 5) is 0. The van der Waals surface area contributed by atoms with Crippen LogP contribution in [0.15, 0.2) is 42.5 Å². The Balaban J connectivity index is 1.45. The van der Waals surface area contributed by atoms with Crippen molar-refractivity contribution < 1.29 is 24.4 Å². The third-order valence-electron chi connectivity index (χ3n) is 7.15. The third kappa shape index (κ3) is 3.09. The smallest absolute Gasteiger partial charge is 0.177 e. The Morgan fingerprint density at radius 3 is 2.64 bits per heavy atom. The molecular weight excluding hydrogens is 356 g/mol. The zero-order valence-electron chi connectivity index (χ0n) is 16.8. The molecular formula is C23H32O5. The molecule has 1 heterocycles. The number of aliphatic hydroxyl groups is 2. The highest BCUT2D eigenvalue weighted by Gasteiger charge is 2.74. The van der Waals surface area contributed by atoms with Gasteiger partial charge in [-0.15, -0.1) is 0 Å². The van der Waals surface area contributed by atoms with E-state index >= 15 is 0 Å². The van der Waals surface area contributed by atoms with Crippen LogP contribution in [0.3, 0.4) is 0 Å². The molecule has 3 fully saturated rings. The van der Waals surface area contributed by atoms with Crippen LogP contribution in [0.1, 0.15) is 33.1 Å². The van der Waals surface area contributed by atoms with Crippen LogP contribution in [-0.4, -0.2) is 48.0 Å². The molecule has 2 aliphatic carbocycles. The van der Waals surface area contributed by atoms with E-state index in [0.29, 0.717) is 13.2 Å². The van der Waals surface area contributed by atoms with Gasteiger partial charge in [-0.25, -0.2) is 0 Å². The summed E-state index contributed by atoms with van der Waals surface area (Å²) in [6.07, 6.45) is 5.24. The predicted octanol–water partition coefficient (Wildman–Crippen LogP) is 3.16. The SMILES string of the molecule is CCC1[C@H]2[C@H](/C=C/[C@H](O)COc3ccccc3)[C@@H](O)CC[C@@]2(C)C12OCCO2. The summed E-state index contributed by atoms with van der Waals surface area (Å²) in [5.74, 6) is 0.796. The fraction of sp³-hybridized carbons (Fsp3) is 0.652. The highest BCUT2D eigenvalue weighted by atomic mass is 16.7. The highest BCUT2D eigenvalue weighted by Crippen LogP contribution is 2.70. The van der Waals surface area contributed by atoms with Gasteiger partial charge in [0.25, 0.3) is 0 Å². The molecule has 1 spiro atoms. The van der Waals surface area contributed by atoms with Crippen LogP contribution >= 0.6 is 0 Å². The Hall–Kier alpha value is -1.40. The Labute approximate surface area is 167 Å². The number of hydrogen-bond acceptors (Lipinski definition) is 5. The minimum atomic E-state index is -0.714. The summed E-state index contributed by atoms with van der Waals surface area (Å²) in [6.45, 7) is 5.91. The number of benzene rings is 1. The average Bonchev–Trinajstić information content (AvgIpc) is 3.23. The lowest BCUT2D eigenvalue weighted by atomic mass is 9.41. The summed E-state index contributed by atoms with van der Waals surface area (Å²) < 4.78 is 17.9. The first-order chi connectivity index (χ1) is 13.5. The lowest BCUT2D eigenvalue weighted by Crippen LogP contribution is -2.73. The topological polar surface area (TPSA) is 68.2 Å². The Kier molecular flexibility index (Phi) is 5.53. The van der Waals surface area contributed by atoms with Crippen LogP contribution in [-0.2, 0) is 9.47 Å². The maximum atomic E-state index is 10.7. The molecule has 5 nitrogen and oxygen atoms in total. The van der Waals surface area contributed by atoms with Gasteiger partial charge < -0.3 is 24.4 Å². The van der Waals surface area contributed by atoms with Gasteiger partial charge in [-0.1, -0.05) is 44.2 Å². The first-order valence-corrected chi connectivity index (χ1v) is 10.5. The monoisotopic (exact) mass is 388 g/mol. The van der Waals surface area contributed by atoms with Crippen molar-refractivity contribution in [3.63, 3.8) is 0 Å². The van der Waals surface area contributed by atoms with Gasteiger partial charge in [0, 0.05) is 17.3 Å². The molecule has 3 aliphatic rings. The number of hydrogen-bond donors (Lipinski definition) is 2. The molecule has 154 valence electrons. The maximum Gasteiger partial charge on any atom is 0.177 e. The number of para-hydroxylation sites is 1.